The first-order valence-corrected chi connectivity index (χ1v) is 7.24. The van der Waals surface area contributed by atoms with Crippen molar-refractivity contribution in [2.24, 2.45) is 0 Å². The molecule has 1 aliphatic heterocycles. The Bertz CT molecular complexity index is 596. The lowest BCUT2D eigenvalue weighted by Gasteiger charge is -2.23. The van der Waals surface area contributed by atoms with Crippen LogP contribution in [-0.4, -0.2) is 54.4 Å². The Balaban J connectivity index is 1.99. The van der Waals surface area contributed by atoms with Crippen molar-refractivity contribution in [1.82, 2.24) is 15.2 Å². The van der Waals surface area contributed by atoms with Crippen LogP contribution >= 0.6 is 0 Å². The van der Waals surface area contributed by atoms with Crippen molar-refractivity contribution in [1.29, 1.82) is 5.26 Å². The first-order valence-electron chi connectivity index (χ1n) is 7.24. The van der Waals surface area contributed by atoms with Gasteiger partial charge in [-0.3, -0.25) is 9.59 Å². The van der Waals surface area contributed by atoms with Crippen LogP contribution in [0.2, 0.25) is 0 Å². The van der Waals surface area contributed by atoms with Gasteiger partial charge >= 0.3 is 0 Å². The lowest BCUT2D eigenvalue weighted by Crippen LogP contribution is -2.41. The van der Waals surface area contributed by atoms with E-state index in [1.807, 2.05) is 4.90 Å². The number of carbonyl (C=O) groups excluding carboxylic acids is 2. The van der Waals surface area contributed by atoms with Gasteiger partial charge in [0.1, 0.15) is 11.9 Å². The van der Waals surface area contributed by atoms with Crippen LogP contribution in [0.3, 0.4) is 0 Å². The minimum Gasteiger partial charge on any atom is -0.354 e. The minimum atomic E-state index is -0.211. The summed E-state index contributed by atoms with van der Waals surface area (Å²) in [6, 6.07) is 5.63. The number of hydrogen-bond acceptors (Lipinski definition) is 5. The Labute approximate surface area is 129 Å². The fourth-order valence-corrected chi connectivity index (χ4v) is 2.43. The van der Waals surface area contributed by atoms with E-state index < -0.39 is 0 Å². The fraction of sp³-hybridized carbons (Fsp3) is 0.467. The maximum Gasteiger partial charge on any atom is 0.242 e. The summed E-state index contributed by atoms with van der Waals surface area (Å²) in [4.78, 5) is 31.0. The van der Waals surface area contributed by atoms with Gasteiger partial charge in [-0.15, -0.1) is 0 Å². The van der Waals surface area contributed by atoms with Crippen LogP contribution in [0.1, 0.15) is 18.9 Å². The molecule has 0 radical (unpaired) electrons. The molecule has 1 N–H and O–H groups in total. The first-order chi connectivity index (χ1) is 10.6. The smallest absolute Gasteiger partial charge is 0.242 e. The third-order valence-corrected chi connectivity index (χ3v) is 3.54. The van der Waals surface area contributed by atoms with E-state index >= 15 is 0 Å². The second-order valence-corrected chi connectivity index (χ2v) is 5.12. The Morgan fingerprint density at radius 1 is 1.36 bits per heavy atom. The summed E-state index contributed by atoms with van der Waals surface area (Å²) in [6.07, 6.45) is 2.47. The summed E-state index contributed by atoms with van der Waals surface area (Å²) < 4.78 is 0. The lowest BCUT2D eigenvalue weighted by molar-refractivity contribution is -0.132. The highest BCUT2D eigenvalue weighted by Gasteiger charge is 2.21. The molecule has 1 saturated heterocycles. The topological polar surface area (TPSA) is 89.3 Å². The van der Waals surface area contributed by atoms with Gasteiger partial charge in [0.05, 0.1) is 12.1 Å². The highest BCUT2D eigenvalue weighted by molar-refractivity contribution is 5.83. The molecule has 0 bridgehead atoms. The van der Waals surface area contributed by atoms with Gasteiger partial charge in [-0.1, -0.05) is 0 Å². The number of nitrogens with one attached hydrogen (secondary N) is 1. The monoisotopic (exact) mass is 301 g/mol. The lowest BCUT2D eigenvalue weighted by atomic mass is 10.2. The molecule has 2 amide bonds. The number of pyridine rings is 1. The molecule has 7 nitrogen and oxygen atoms in total. The zero-order valence-corrected chi connectivity index (χ0v) is 12.6. The normalized spacial score (nSPS) is 14.9. The van der Waals surface area contributed by atoms with Gasteiger partial charge in [0.25, 0.3) is 0 Å². The zero-order chi connectivity index (χ0) is 15.9. The zero-order valence-electron chi connectivity index (χ0n) is 12.6. The number of nitriles is 1. The molecular weight excluding hydrogens is 282 g/mol. The quantitative estimate of drug-likeness (QED) is 0.857. The van der Waals surface area contributed by atoms with Gasteiger partial charge in [0.15, 0.2) is 0 Å². The summed E-state index contributed by atoms with van der Waals surface area (Å²) in [5, 5.41) is 11.7. The van der Waals surface area contributed by atoms with E-state index in [0.717, 1.165) is 13.0 Å². The van der Waals surface area contributed by atoms with Crippen molar-refractivity contribution < 1.29 is 9.59 Å². The standard InChI is InChI=1S/C15H19N5O2/c1-12(21)18-11-14(22)19-6-3-7-20(9-8-19)15-13(10-16)4-2-5-17-15/h2,4-5H,3,6-9,11H2,1H3,(H,18,21). The molecular formula is C15H19N5O2. The first kappa shape index (κ1) is 15.8. The Hall–Kier alpha value is -2.62. The van der Waals surface area contributed by atoms with Gasteiger partial charge in [-0.05, 0) is 18.6 Å². The molecule has 0 spiro atoms. The second kappa shape index (κ2) is 7.41. The average molecular weight is 301 g/mol. The molecule has 1 fully saturated rings. The number of nitrogens with zero attached hydrogens (tertiary/aromatic N) is 4. The molecule has 0 saturated carbocycles. The largest absolute Gasteiger partial charge is 0.354 e. The highest BCUT2D eigenvalue weighted by Crippen LogP contribution is 2.18. The molecule has 0 atom stereocenters. The van der Waals surface area contributed by atoms with Crippen LogP contribution in [0.15, 0.2) is 18.3 Å². The molecule has 1 aromatic heterocycles. The van der Waals surface area contributed by atoms with Crippen LogP contribution < -0.4 is 10.2 Å². The van der Waals surface area contributed by atoms with E-state index in [9.17, 15) is 9.59 Å². The van der Waals surface area contributed by atoms with Gasteiger partial charge in [-0.2, -0.15) is 5.26 Å². The number of rotatable bonds is 3. The molecule has 2 rings (SSSR count). The Morgan fingerprint density at radius 2 is 2.18 bits per heavy atom. The number of anilines is 1. The third-order valence-electron chi connectivity index (χ3n) is 3.54. The van der Waals surface area contributed by atoms with Crippen molar-refractivity contribution in [3.8, 4) is 6.07 Å². The predicted molar refractivity (Wildman–Crippen MR) is 81.0 cm³/mol. The Kier molecular flexibility index (Phi) is 5.31. The number of carbonyl (C=O) groups is 2. The third kappa shape index (κ3) is 3.95. The van der Waals surface area contributed by atoms with Crippen LogP contribution in [0, 0.1) is 11.3 Å². The SMILES string of the molecule is CC(=O)NCC(=O)N1CCCN(c2ncccc2C#N)CC1. The molecule has 0 aliphatic carbocycles. The van der Waals surface area contributed by atoms with Crippen LogP contribution in [-0.2, 0) is 9.59 Å². The van der Waals surface area contributed by atoms with Crippen molar-refractivity contribution in [2.75, 3.05) is 37.6 Å². The number of amides is 2. The molecule has 0 unspecified atom stereocenters. The molecule has 116 valence electrons. The molecule has 7 heteroatoms. The fourth-order valence-electron chi connectivity index (χ4n) is 2.43. The number of hydrogen-bond donors (Lipinski definition) is 1. The van der Waals surface area contributed by atoms with Gasteiger partial charge in [-0.25, -0.2) is 4.98 Å². The summed E-state index contributed by atoms with van der Waals surface area (Å²) in [5.41, 5.74) is 0.542. The average Bonchev–Trinajstić information content (AvgIpc) is 2.78. The summed E-state index contributed by atoms with van der Waals surface area (Å²) in [5.74, 6) is 0.372. The van der Waals surface area contributed by atoms with Crippen LogP contribution in [0.25, 0.3) is 0 Å². The van der Waals surface area contributed by atoms with Crippen molar-refractivity contribution in [3.05, 3.63) is 23.9 Å². The van der Waals surface area contributed by atoms with E-state index in [1.54, 1.807) is 23.2 Å². The molecule has 2 heterocycles. The van der Waals surface area contributed by atoms with E-state index in [-0.39, 0.29) is 18.4 Å². The van der Waals surface area contributed by atoms with Crippen LogP contribution in [0.5, 0.6) is 0 Å². The maximum atomic E-state index is 12.0. The molecule has 1 aromatic rings. The summed E-state index contributed by atoms with van der Waals surface area (Å²) >= 11 is 0. The second-order valence-electron chi connectivity index (χ2n) is 5.12. The van der Waals surface area contributed by atoms with Gasteiger partial charge in [0.2, 0.25) is 11.8 Å². The Morgan fingerprint density at radius 3 is 2.91 bits per heavy atom. The van der Waals surface area contributed by atoms with E-state index in [1.165, 1.54) is 6.92 Å². The van der Waals surface area contributed by atoms with E-state index in [0.29, 0.717) is 31.0 Å². The van der Waals surface area contributed by atoms with Crippen LogP contribution in [0.4, 0.5) is 5.82 Å². The van der Waals surface area contributed by atoms with Crippen molar-refractivity contribution >= 4 is 17.6 Å². The molecule has 0 aromatic carbocycles. The van der Waals surface area contributed by atoms with E-state index in [4.69, 9.17) is 5.26 Å². The van der Waals surface area contributed by atoms with Gasteiger partial charge < -0.3 is 15.1 Å². The maximum absolute atomic E-state index is 12.0. The highest BCUT2D eigenvalue weighted by atomic mass is 16.2. The molecule has 22 heavy (non-hydrogen) atoms. The number of aromatic nitrogens is 1. The minimum absolute atomic E-state index is 0.0301. The van der Waals surface area contributed by atoms with Crippen molar-refractivity contribution in [3.63, 3.8) is 0 Å². The molecule has 1 aliphatic rings. The van der Waals surface area contributed by atoms with Gasteiger partial charge in [0, 0.05) is 39.3 Å². The van der Waals surface area contributed by atoms with Crippen molar-refractivity contribution in [2.45, 2.75) is 13.3 Å². The predicted octanol–water partition coefficient (Wildman–Crippen LogP) is 0.128. The summed E-state index contributed by atoms with van der Waals surface area (Å²) in [7, 11) is 0. The summed E-state index contributed by atoms with van der Waals surface area (Å²) in [6.45, 7) is 3.99. The van der Waals surface area contributed by atoms with E-state index in [2.05, 4.69) is 16.4 Å².